The van der Waals surface area contributed by atoms with E-state index in [2.05, 4.69) is 56.1 Å². The molecule has 1 N–H and O–H groups in total. The summed E-state index contributed by atoms with van der Waals surface area (Å²) in [4.78, 5) is 2.56. The first-order valence-electron chi connectivity index (χ1n) is 7.67. The molecule has 1 fully saturated rings. The SMILES string of the molecule is CCN1CCC(C(C)Nc2cccc(C)c2C)CC1. The number of likely N-dealkylation sites (tertiary alicyclic amines) is 1. The largest absolute Gasteiger partial charge is 0.382 e. The van der Waals surface area contributed by atoms with Gasteiger partial charge in [-0.1, -0.05) is 19.1 Å². The summed E-state index contributed by atoms with van der Waals surface area (Å²) in [5.41, 5.74) is 4.07. The fourth-order valence-electron chi connectivity index (χ4n) is 3.04. The average molecular weight is 260 g/mol. The summed E-state index contributed by atoms with van der Waals surface area (Å²) in [5.74, 6) is 0.808. The lowest BCUT2D eigenvalue weighted by Gasteiger charge is -2.35. The summed E-state index contributed by atoms with van der Waals surface area (Å²) in [6, 6.07) is 7.11. The Bertz CT molecular complexity index is 406. The van der Waals surface area contributed by atoms with Crippen LogP contribution in [-0.2, 0) is 0 Å². The highest BCUT2D eigenvalue weighted by molar-refractivity contribution is 5.54. The van der Waals surface area contributed by atoms with Gasteiger partial charge in [-0.25, -0.2) is 0 Å². The summed E-state index contributed by atoms with van der Waals surface area (Å²) in [6.45, 7) is 12.7. The van der Waals surface area contributed by atoms with Crippen LogP contribution in [0.5, 0.6) is 0 Å². The summed E-state index contributed by atoms with van der Waals surface area (Å²) >= 11 is 0. The molecule has 106 valence electrons. The van der Waals surface area contributed by atoms with E-state index in [4.69, 9.17) is 0 Å². The zero-order chi connectivity index (χ0) is 13.8. The van der Waals surface area contributed by atoms with Crippen LogP contribution in [0, 0.1) is 19.8 Å². The van der Waals surface area contributed by atoms with Crippen molar-refractivity contribution in [1.82, 2.24) is 4.90 Å². The Morgan fingerprint density at radius 1 is 1.26 bits per heavy atom. The maximum absolute atomic E-state index is 3.74. The molecule has 1 aromatic rings. The predicted molar refractivity (Wildman–Crippen MR) is 83.8 cm³/mol. The van der Waals surface area contributed by atoms with Crippen LogP contribution >= 0.6 is 0 Å². The molecule has 0 aliphatic carbocycles. The number of aryl methyl sites for hydroxylation is 1. The summed E-state index contributed by atoms with van der Waals surface area (Å²) in [6.07, 6.45) is 2.65. The molecule has 0 bridgehead atoms. The molecular formula is C17H28N2. The van der Waals surface area contributed by atoms with Crippen molar-refractivity contribution in [3.8, 4) is 0 Å². The number of benzene rings is 1. The highest BCUT2D eigenvalue weighted by atomic mass is 15.1. The van der Waals surface area contributed by atoms with Crippen LogP contribution in [0.4, 0.5) is 5.69 Å². The van der Waals surface area contributed by atoms with Crippen LogP contribution in [0.15, 0.2) is 18.2 Å². The first kappa shape index (κ1) is 14.4. The number of hydrogen-bond acceptors (Lipinski definition) is 2. The van der Waals surface area contributed by atoms with Crippen LogP contribution in [-0.4, -0.2) is 30.6 Å². The van der Waals surface area contributed by atoms with E-state index in [1.165, 1.54) is 49.3 Å². The minimum Gasteiger partial charge on any atom is -0.382 e. The van der Waals surface area contributed by atoms with Gasteiger partial charge in [-0.2, -0.15) is 0 Å². The van der Waals surface area contributed by atoms with E-state index in [1.807, 2.05) is 0 Å². The van der Waals surface area contributed by atoms with Crippen LogP contribution in [0.3, 0.4) is 0 Å². The van der Waals surface area contributed by atoms with Gasteiger partial charge < -0.3 is 10.2 Å². The van der Waals surface area contributed by atoms with Gasteiger partial charge in [0.15, 0.2) is 0 Å². The zero-order valence-electron chi connectivity index (χ0n) is 12.9. The Hall–Kier alpha value is -1.02. The minimum absolute atomic E-state index is 0.569. The molecule has 1 atom stereocenters. The van der Waals surface area contributed by atoms with Gasteiger partial charge in [0.25, 0.3) is 0 Å². The van der Waals surface area contributed by atoms with E-state index in [1.54, 1.807) is 0 Å². The van der Waals surface area contributed by atoms with Gasteiger partial charge >= 0.3 is 0 Å². The molecule has 2 rings (SSSR count). The van der Waals surface area contributed by atoms with Crippen molar-refractivity contribution >= 4 is 5.69 Å². The molecule has 1 heterocycles. The van der Waals surface area contributed by atoms with Gasteiger partial charge in [0.1, 0.15) is 0 Å². The van der Waals surface area contributed by atoms with Crippen LogP contribution in [0.25, 0.3) is 0 Å². The number of piperidine rings is 1. The predicted octanol–water partition coefficient (Wildman–Crippen LogP) is 3.84. The van der Waals surface area contributed by atoms with Gasteiger partial charge in [0, 0.05) is 11.7 Å². The molecule has 0 aromatic heterocycles. The van der Waals surface area contributed by atoms with E-state index in [0.717, 1.165) is 5.92 Å². The lowest BCUT2D eigenvalue weighted by molar-refractivity contribution is 0.183. The Morgan fingerprint density at radius 3 is 2.58 bits per heavy atom. The van der Waals surface area contributed by atoms with Gasteiger partial charge in [0.05, 0.1) is 0 Å². The van der Waals surface area contributed by atoms with Crippen molar-refractivity contribution in [2.24, 2.45) is 5.92 Å². The molecule has 0 radical (unpaired) electrons. The summed E-state index contributed by atoms with van der Waals surface area (Å²) in [5, 5.41) is 3.74. The molecular weight excluding hydrogens is 232 g/mol. The first-order valence-corrected chi connectivity index (χ1v) is 7.67. The molecule has 1 aliphatic heterocycles. The highest BCUT2D eigenvalue weighted by Crippen LogP contribution is 2.25. The smallest absolute Gasteiger partial charge is 0.0374 e. The molecule has 0 saturated carbocycles. The Kier molecular flexibility index (Phi) is 4.87. The summed E-state index contributed by atoms with van der Waals surface area (Å²) in [7, 11) is 0. The average Bonchev–Trinajstić information content (AvgIpc) is 2.44. The van der Waals surface area contributed by atoms with E-state index in [0.29, 0.717) is 6.04 Å². The van der Waals surface area contributed by atoms with Crippen LogP contribution in [0.2, 0.25) is 0 Å². The van der Waals surface area contributed by atoms with Crippen molar-refractivity contribution in [3.63, 3.8) is 0 Å². The third-order valence-electron chi connectivity index (χ3n) is 4.77. The Morgan fingerprint density at radius 2 is 1.95 bits per heavy atom. The third-order valence-corrected chi connectivity index (χ3v) is 4.77. The second kappa shape index (κ2) is 6.42. The maximum atomic E-state index is 3.74. The maximum Gasteiger partial charge on any atom is 0.0374 e. The first-order chi connectivity index (χ1) is 9.11. The number of nitrogens with zero attached hydrogens (tertiary/aromatic N) is 1. The van der Waals surface area contributed by atoms with Gasteiger partial charge in [-0.3, -0.25) is 0 Å². The Labute approximate surface area is 118 Å². The lowest BCUT2D eigenvalue weighted by atomic mass is 9.90. The molecule has 0 spiro atoms. The van der Waals surface area contributed by atoms with Crippen molar-refractivity contribution in [1.29, 1.82) is 0 Å². The molecule has 0 amide bonds. The second-order valence-electron chi connectivity index (χ2n) is 5.95. The topological polar surface area (TPSA) is 15.3 Å². The molecule has 1 unspecified atom stereocenters. The number of anilines is 1. The minimum atomic E-state index is 0.569. The van der Waals surface area contributed by atoms with Crippen LogP contribution < -0.4 is 5.32 Å². The van der Waals surface area contributed by atoms with Gasteiger partial charge in [-0.15, -0.1) is 0 Å². The molecule has 1 aliphatic rings. The summed E-state index contributed by atoms with van der Waals surface area (Å²) < 4.78 is 0. The monoisotopic (exact) mass is 260 g/mol. The second-order valence-corrected chi connectivity index (χ2v) is 5.95. The number of nitrogens with one attached hydrogen (secondary N) is 1. The quantitative estimate of drug-likeness (QED) is 0.885. The van der Waals surface area contributed by atoms with E-state index < -0.39 is 0 Å². The molecule has 19 heavy (non-hydrogen) atoms. The highest BCUT2D eigenvalue weighted by Gasteiger charge is 2.23. The standard InChI is InChI=1S/C17H28N2/c1-5-19-11-9-16(10-12-19)15(4)18-17-8-6-7-13(2)14(17)3/h6-8,15-16,18H,5,9-12H2,1-4H3. The van der Waals surface area contributed by atoms with E-state index >= 15 is 0 Å². The molecule has 2 heteroatoms. The fraction of sp³-hybridized carbons (Fsp3) is 0.647. The normalized spacial score (nSPS) is 19.4. The van der Waals surface area contributed by atoms with Crippen molar-refractivity contribution in [2.75, 3.05) is 25.0 Å². The Balaban J connectivity index is 1.94. The van der Waals surface area contributed by atoms with E-state index in [-0.39, 0.29) is 0 Å². The van der Waals surface area contributed by atoms with Gasteiger partial charge in [0.2, 0.25) is 0 Å². The number of rotatable bonds is 4. The lowest BCUT2D eigenvalue weighted by Crippen LogP contribution is -2.39. The zero-order valence-corrected chi connectivity index (χ0v) is 12.9. The molecule has 1 saturated heterocycles. The molecule has 1 aromatic carbocycles. The van der Waals surface area contributed by atoms with Crippen molar-refractivity contribution in [2.45, 2.75) is 46.6 Å². The van der Waals surface area contributed by atoms with Crippen LogP contribution in [0.1, 0.15) is 37.8 Å². The van der Waals surface area contributed by atoms with Crippen molar-refractivity contribution < 1.29 is 0 Å². The van der Waals surface area contributed by atoms with Gasteiger partial charge in [-0.05, 0) is 76.4 Å². The number of hydrogen-bond donors (Lipinski definition) is 1. The third kappa shape index (κ3) is 3.50. The molecule has 2 nitrogen and oxygen atoms in total. The van der Waals surface area contributed by atoms with E-state index in [9.17, 15) is 0 Å². The van der Waals surface area contributed by atoms with Crippen molar-refractivity contribution in [3.05, 3.63) is 29.3 Å². The fourth-order valence-corrected chi connectivity index (χ4v) is 3.04.